The maximum Gasteiger partial charge on any atom is 0.433 e. The van der Waals surface area contributed by atoms with Crippen molar-refractivity contribution in [2.75, 3.05) is 12.3 Å². The summed E-state index contributed by atoms with van der Waals surface area (Å²) in [6.07, 6.45) is 0. The molecule has 0 aliphatic rings. The molecule has 0 unspecified atom stereocenters. The molecule has 1 amide bonds. The number of fused-ring (bicyclic) bond motifs is 1. The molecule has 3 aromatic rings. The Balaban J connectivity index is 1.68. The molecule has 11 heteroatoms. The number of carbonyl (C=O) groups is 1. The summed E-state index contributed by atoms with van der Waals surface area (Å²) in [5.74, 6) is -1.06. The van der Waals surface area contributed by atoms with E-state index in [4.69, 9.17) is 9.15 Å². The van der Waals surface area contributed by atoms with Crippen LogP contribution in [0.25, 0.3) is 10.2 Å². The molecule has 0 bridgehead atoms. The summed E-state index contributed by atoms with van der Waals surface area (Å²) >= 11 is 1.21. The molecule has 0 saturated heterocycles. The van der Waals surface area contributed by atoms with E-state index >= 15 is 0 Å². The Bertz CT molecular complexity index is 909. The minimum atomic E-state index is -0.930. The van der Waals surface area contributed by atoms with Crippen molar-refractivity contribution in [2.24, 2.45) is 0 Å². The molecule has 24 heavy (non-hydrogen) atoms. The zero-order chi connectivity index (χ0) is 17.1. The Labute approximate surface area is 137 Å². The SMILES string of the molecule is O=C(NNc1nc2ccc(OCF)cc2s1)c1ccc([N+](=O)[O-])o1. The van der Waals surface area contributed by atoms with Crippen molar-refractivity contribution in [3.63, 3.8) is 0 Å². The highest BCUT2D eigenvalue weighted by atomic mass is 32.1. The molecule has 9 nitrogen and oxygen atoms in total. The highest BCUT2D eigenvalue weighted by Crippen LogP contribution is 2.29. The minimum absolute atomic E-state index is 0.214. The van der Waals surface area contributed by atoms with E-state index in [2.05, 4.69) is 15.8 Å². The molecule has 1 aromatic carbocycles. The molecule has 2 N–H and O–H groups in total. The number of halogens is 1. The molecule has 0 fully saturated rings. The van der Waals surface area contributed by atoms with Gasteiger partial charge in [0.25, 0.3) is 0 Å². The second-order valence-electron chi connectivity index (χ2n) is 4.38. The number of hydrogen-bond donors (Lipinski definition) is 2. The predicted molar refractivity (Wildman–Crippen MR) is 82.7 cm³/mol. The van der Waals surface area contributed by atoms with Crippen molar-refractivity contribution in [3.8, 4) is 5.75 Å². The van der Waals surface area contributed by atoms with Gasteiger partial charge in [0.1, 0.15) is 10.7 Å². The van der Waals surface area contributed by atoms with Crippen molar-refractivity contribution < 1.29 is 23.3 Å². The van der Waals surface area contributed by atoms with Crippen LogP contribution in [0.5, 0.6) is 5.75 Å². The number of alkyl halides is 1. The molecule has 124 valence electrons. The van der Waals surface area contributed by atoms with Crippen LogP contribution in [0.1, 0.15) is 10.6 Å². The molecule has 0 aliphatic heterocycles. The van der Waals surface area contributed by atoms with E-state index in [1.54, 1.807) is 18.2 Å². The number of carbonyl (C=O) groups excluding carboxylic acids is 1. The number of nitrogens with zero attached hydrogens (tertiary/aromatic N) is 2. The summed E-state index contributed by atoms with van der Waals surface area (Å²) in [5.41, 5.74) is 5.54. The standard InChI is InChI=1S/C13H9FN4O5S/c14-6-22-7-1-2-8-10(5-7)24-13(15-8)17-16-12(19)9-3-4-11(23-9)18(20)21/h1-5H,6H2,(H,15,17)(H,16,19). The van der Waals surface area contributed by atoms with E-state index in [1.165, 1.54) is 17.4 Å². The van der Waals surface area contributed by atoms with Crippen molar-refractivity contribution in [3.05, 3.63) is 46.2 Å². The van der Waals surface area contributed by atoms with E-state index < -0.39 is 23.6 Å². The zero-order valence-corrected chi connectivity index (χ0v) is 12.6. The summed E-state index contributed by atoms with van der Waals surface area (Å²) in [7, 11) is 0. The van der Waals surface area contributed by atoms with Gasteiger partial charge in [-0.25, -0.2) is 9.37 Å². The number of hydrogen-bond acceptors (Lipinski definition) is 8. The third-order valence-corrected chi connectivity index (χ3v) is 3.79. The lowest BCUT2D eigenvalue weighted by Crippen LogP contribution is -2.28. The number of nitrogens with one attached hydrogen (secondary N) is 2. The molecule has 0 aliphatic carbocycles. The van der Waals surface area contributed by atoms with Gasteiger partial charge in [-0.2, -0.15) is 0 Å². The molecule has 0 saturated carbocycles. The number of nitro groups is 1. The van der Waals surface area contributed by atoms with Gasteiger partial charge in [0.15, 0.2) is 0 Å². The largest absolute Gasteiger partial charge is 0.463 e. The molecular weight excluding hydrogens is 343 g/mol. The first kappa shape index (κ1) is 15.7. The van der Waals surface area contributed by atoms with Gasteiger partial charge < -0.3 is 9.15 Å². The van der Waals surface area contributed by atoms with Crippen LogP contribution in [0.3, 0.4) is 0 Å². The zero-order valence-electron chi connectivity index (χ0n) is 11.8. The first-order valence-corrected chi connectivity index (χ1v) is 7.28. The fourth-order valence-electron chi connectivity index (χ4n) is 1.83. The summed E-state index contributed by atoms with van der Waals surface area (Å²) < 4.78 is 22.4. The second-order valence-corrected chi connectivity index (χ2v) is 5.41. The van der Waals surface area contributed by atoms with Crippen LogP contribution in [0.2, 0.25) is 0 Å². The Morgan fingerprint density at radius 1 is 1.42 bits per heavy atom. The maximum absolute atomic E-state index is 12.2. The van der Waals surface area contributed by atoms with Gasteiger partial charge in [0, 0.05) is 0 Å². The lowest BCUT2D eigenvalue weighted by molar-refractivity contribution is -0.402. The number of aromatic nitrogens is 1. The molecule has 2 heterocycles. The van der Waals surface area contributed by atoms with Gasteiger partial charge >= 0.3 is 11.8 Å². The van der Waals surface area contributed by atoms with E-state index in [1.807, 2.05) is 0 Å². The van der Waals surface area contributed by atoms with Gasteiger partial charge in [0.2, 0.25) is 17.8 Å². The summed E-state index contributed by atoms with van der Waals surface area (Å²) in [5, 5.41) is 10.9. The normalized spacial score (nSPS) is 10.5. The van der Waals surface area contributed by atoms with Crippen LogP contribution in [-0.2, 0) is 0 Å². The molecule has 0 spiro atoms. The van der Waals surface area contributed by atoms with Crippen molar-refractivity contribution in [1.82, 2.24) is 10.4 Å². The first-order valence-electron chi connectivity index (χ1n) is 6.47. The maximum atomic E-state index is 12.2. The predicted octanol–water partition coefficient (Wildman–Crippen LogP) is 2.86. The van der Waals surface area contributed by atoms with Crippen molar-refractivity contribution in [1.29, 1.82) is 0 Å². The lowest BCUT2D eigenvalue weighted by Gasteiger charge is -2.02. The fraction of sp³-hybridized carbons (Fsp3) is 0.0769. The molecule has 0 radical (unpaired) electrons. The molecular formula is C13H9FN4O5S. The van der Waals surface area contributed by atoms with E-state index in [0.29, 0.717) is 16.4 Å². The van der Waals surface area contributed by atoms with Crippen LogP contribution in [0, 0.1) is 10.1 Å². The van der Waals surface area contributed by atoms with E-state index in [-0.39, 0.29) is 5.76 Å². The molecule has 3 rings (SSSR count). The van der Waals surface area contributed by atoms with Gasteiger partial charge in [-0.15, -0.1) is 0 Å². The van der Waals surface area contributed by atoms with Crippen LogP contribution >= 0.6 is 11.3 Å². The van der Waals surface area contributed by atoms with Gasteiger partial charge in [-0.3, -0.25) is 25.8 Å². The number of ether oxygens (including phenoxy) is 1. The first-order chi connectivity index (χ1) is 11.6. The number of thiazole rings is 1. The number of furan rings is 1. The molecule has 2 aromatic heterocycles. The minimum Gasteiger partial charge on any atom is -0.463 e. The van der Waals surface area contributed by atoms with E-state index in [9.17, 15) is 19.3 Å². The molecule has 0 atom stereocenters. The average molecular weight is 352 g/mol. The Morgan fingerprint density at radius 2 is 2.25 bits per heavy atom. The van der Waals surface area contributed by atoms with E-state index in [0.717, 1.165) is 10.8 Å². The summed E-state index contributed by atoms with van der Waals surface area (Å²) in [4.78, 5) is 25.8. The van der Waals surface area contributed by atoms with Gasteiger partial charge in [0.05, 0.1) is 16.3 Å². The number of benzene rings is 1. The average Bonchev–Trinajstić information content (AvgIpc) is 3.19. The second kappa shape index (κ2) is 6.50. The number of amides is 1. The quantitative estimate of drug-likeness (QED) is 0.517. The van der Waals surface area contributed by atoms with Crippen LogP contribution in [0.4, 0.5) is 15.4 Å². The Kier molecular flexibility index (Phi) is 4.24. The smallest absolute Gasteiger partial charge is 0.433 e. The third kappa shape index (κ3) is 3.25. The van der Waals surface area contributed by atoms with Crippen molar-refractivity contribution in [2.45, 2.75) is 0 Å². The van der Waals surface area contributed by atoms with Crippen LogP contribution < -0.4 is 15.6 Å². The van der Waals surface area contributed by atoms with Crippen molar-refractivity contribution >= 4 is 38.5 Å². The number of hydrazine groups is 1. The highest BCUT2D eigenvalue weighted by Gasteiger charge is 2.17. The van der Waals surface area contributed by atoms with Gasteiger partial charge in [-0.1, -0.05) is 11.3 Å². The summed E-state index contributed by atoms with van der Waals surface area (Å²) in [6.45, 7) is -0.930. The Morgan fingerprint density at radius 3 is 2.96 bits per heavy atom. The Hall–Kier alpha value is -3.21. The highest BCUT2D eigenvalue weighted by molar-refractivity contribution is 7.22. The summed E-state index contributed by atoms with van der Waals surface area (Å²) in [6, 6.07) is 7.12. The van der Waals surface area contributed by atoms with Crippen LogP contribution in [0.15, 0.2) is 34.7 Å². The monoisotopic (exact) mass is 352 g/mol. The van der Waals surface area contributed by atoms with Crippen LogP contribution in [-0.4, -0.2) is 22.7 Å². The number of anilines is 1. The third-order valence-electron chi connectivity index (χ3n) is 2.86. The van der Waals surface area contributed by atoms with Gasteiger partial charge in [-0.05, 0) is 24.3 Å². The number of rotatable bonds is 6. The fourth-order valence-corrected chi connectivity index (χ4v) is 2.68. The lowest BCUT2D eigenvalue weighted by atomic mass is 10.3. The topological polar surface area (TPSA) is 120 Å².